The summed E-state index contributed by atoms with van der Waals surface area (Å²) < 4.78 is 0. The highest BCUT2D eigenvalue weighted by Gasteiger charge is 2.14. The number of nitrogens with zero attached hydrogens (tertiary/aromatic N) is 1. The van der Waals surface area contributed by atoms with Gasteiger partial charge in [-0.3, -0.25) is 4.90 Å². The third-order valence-corrected chi connectivity index (χ3v) is 2.39. The van der Waals surface area contributed by atoms with E-state index in [0.29, 0.717) is 6.42 Å². The summed E-state index contributed by atoms with van der Waals surface area (Å²) in [5.41, 5.74) is -0.874. The Labute approximate surface area is 94.0 Å². The zero-order chi connectivity index (χ0) is 11.7. The van der Waals surface area contributed by atoms with E-state index in [9.17, 15) is 5.11 Å². The Morgan fingerprint density at radius 3 is 2.47 bits per heavy atom. The third-order valence-electron chi connectivity index (χ3n) is 2.39. The molecule has 0 aliphatic rings. The standard InChI is InChI=1S/C13H23NO/c1-5-8-10-13(4,15)11-9-12-14(6-2)7-3/h5,15H,1,6-8,10,12H2,2-4H3. The summed E-state index contributed by atoms with van der Waals surface area (Å²) >= 11 is 0. The van der Waals surface area contributed by atoms with Crippen molar-refractivity contribution in [2.24, 2.45) is 0 Å². The zero-order valence-electron chi connectivity index (χ0n) is 10.2. The van der Waals surface area contributed by atoms with Crippen LogP contribution in [0.1, 0.15) is 33.6 Å². The Balaban J connectivity index is 4.07. The lowest BCUT2D eigenvalue weighted by atomic mass is 10.0. The highest BCUT2D eigenvalue weighted by molar-refractivity contribution is 5.13. The fourth-order valence-corrected chi connectivity index (χ4v) is 1.23. The summed E-state index contributed by atoms with van der Waals surface area (Å²) in [5, 5.41) is 9.86. The van der Waals surface area contributed by atoms with Crippen molar-refractivity contribution in [2.75, 3.05) is 19.6 Å². The van der Waals surface area contributed by atoms with Crippen molar-refractivity contribution in [2.45, 2.75) is 39.2 Å². The first kappa shape index (κ1) is 14.2. The van der Waals surface area contributed by atoms with E-state index >= 15 is 0 Å². The largest absolute Gasteiger partial charge is 0.378 e. The number of aliphatic hydroxyl groups is 1. The lowest BCUT2D eigenvalue weighted by Crippen LogP contribution is -2.25. The van der Waals surface area contributed by atoms with Gasteiger partial charge >= 0.3 is 0 Å². The van der Waals surface area contributed by atoms with E-state index in [4.69, 9.17) is 0 Å². The molecule has 0 spiro atoms. The van der Waals surface area contributed by atoms with Crippen LogP contribution >= 0.6 is 0 Å². The summed E-state index contributed by atoms with van der Waals surface area (Å²) in [6.45, 7) is 12.3. The normalized spacial score (nSPS) is 14.2. The van der Waals surface area contributed by atoms with Gasteiger partial charge in [0.25, 0.3) is 0 Å². The average Bonchev–Trinajstić information content (AvgIpc) is 2.22. The molecule has 0 heterocycles. The summed E-state index contributed by atoms with van der Waals surface area (Å²) in [5.74, 6) is 5.94. The maximum Gasteiger partial charge on any atom is 0.123 e. The van der Waals surface area contributed by atoms with Crippen LogP contribution in [0.15, 0.2) is 12.7 Å². The molecule has 0 rings (SSSR count). The molecular formula is C13H23NO. The molecule has 0 saturated carbocycles. The van der Waals surface area contributed by atoms with E-state index in [-0.39, 0.29) is 0 Å². The predicted octanol–water partition coefficient (Wildman–Crippen LogP) is 2.05. The second-order valence-electron chi connectivity index (χ2n) is 3.86. The maximum absolute atomic E-state index is 9.86. The number of hydrogen-bond donors (Lipinski definition) is 1. The minimum absolute atomic E-state index is 0.655. The smallest absolute Gasteiger partial charge is 0.123 e. The molecule has 1 N–H and O–H groups in total. The summed E-state index contributed by atoms with van der Waals surface area (Å²) in [6, 6.07) is 0. The van der Waals surface area contributed by atoms with Gasteiger partial charge in [-0.15, -0.1) is 6.58 Å². The molecule has 1 unspecified atom stereocenters. The topological polar surface area (TPSA) is 23.5 Å². The number of hydrogen-bond acceptors (Lipinski definition) is 2. The molecule has 0 aliphatic heterocycles. The summed E-state index contributed by atoms with van der Waals surface area (Å²) in [7, 11) is 0. The van der Waals surface area contributed by atoms with Gasteiger partial charge in [-0.05, 0) is 32.9 Å². The third kappa shape index (κ3) is 7.18. The Morgan fingerprint density at radius 2 is 2.00 bits per heavy atom. The van der Waals surface area contributed by atoms with Crippen LogP contribution in [0.5, 0.6) is 0 Å². The minimum atomic E-state index is -0.874. The van der Waals surface area contributed by atoms with Crippen LogP contribution in [-0.2, 0) is 0 Å². The van der Waals surface area contributed by atoms with Crippen molar-refractivity contribution < 1.29 is 5.11 Å². The molecule has 0 aromatic heterocycles. The Morgan fingerprint density at radius 1 is 1.40 bits per heavy atom. The predicted molar refractivity (Wildman–Crippen MR) is 65.6 cm³/mol. The van der Waals surface area contributed by atoms with Crippen LogP contribution in [-0.4, -0.2) is 35.2 Å². The molecule has 15 heavy (non-hydrogen) atoms. The number of rotatable bonds is 6. The summed E-state index contributed by atoms with van der Waals surface area (Å²) in [4.78, 5) is 2.22. The monoisotopic (exact) mass is 209 g/mol. The highest BCUT2D eigenvalue weighted by Crippen LogP contribution is 2.10. The number of allylic oxidation sites excluding steroid dienone is 1. The molecule has 0 amide bonds. The van der Waals surface area contributed by atoms with E-state index in [1.54, 1.807) is 13.0 Å². The van der Waals surface area contributed by atoms with Gasteiger partial charge < -0.3 is 5.11 Å². The quantitative estimate of drug-likeness (QED) is 0.534. The molecule has 1 atom stereocenters. The van der Waals surface area contributed by atoms with Crippen molar-refractivity contribution in [3.8, 4) is 11.8 Å². The van der Waals surface area contributed by atoms with Gasteiger partial charge in [0.15, 0.2) is 0 Å². The van der Waals surface area contributed by atoms with Crippen LogP contribution in [0.3, 0.4) is 0 Å². The van der Waals surface area contributed by atoms with Gasteiger partial charge in [0.05, 0.1) is 6.54 Å². The Kier molecular flexibility index (Phi) is 7.11. The van der Waals surface area contributed by atoms with E-state index in [1.807, 2.05) is 0 Å². The van der Waals surface area contributed by atoms with E-state index in [1.165, 1.54) is 0 Å². The van der Waals surface area contributed by atoms with Crippen LogP contribution in [0.4, 0.5) is 0 Å². The molecule has 0 aromatic carbocycles. The first-order valence-electron chi connectivity index (χ1n) is 5.61. The van der Waals surface area contributed by atoms with Crippen LogP contribution in [0.25, 0.3) is 0 Å². The lowest BCUT2D eigenvalue weighted by Gasteiger charge is -2.16. The molecule has 0 saturated heterocycles. The van der Waals surface area contributed by atoms with Crippen molar-refractivity contribution in [3.05, 3.63) is 12.7 Å². The molecular weight excluding hydrogens is 186 g/mol. The van der Waals surface area contributed by atoms with E-state index in [2.05, 4.69) is 37.2 Å². The van der Waals surface area contributed by atoms with E-state index < -0.39 is 5.60 Å². The second-order valence-corrected chi connectivity index (χ2v) is 3.86. The average molecular weight is 209 g/mol. The first-order chi connectivity index (χ1) is 7.05. The fraction of sp³-hybridized carbons (Fsp3) is 0.692. The summed E-state index contributed by atoms with van der Waals surface area (Å²) in [6.07, 6.45) is 3.26. The second kappa shape index (κ2) is 7.50. The van der Waals surface area contributed by atoms with Crippen molar-refractivity contribution in [1.29, 1.82) is 0 Å². The van der Waals surface area contributed by atoms with Crippen LogP contribution < -0.4 is 0 Å². The SMILES string of the molecule is C=CCCC(C)(O)C#CCN(CC)CC. The molecule has 0 bridgehead atoms. The van der Waals surface area contributed by atoms with Crippen molar-refractivity contribution in [3.63, 3.8) is 0 Å². The molecule has 0 fully saturated rings. The molecule has 86 valence electrons. The Hall–Kier alpha value is -0.780. The van der Waals surface area contributed by atoms with Crippen LogP contribution in [0, 0.1) is 11.8 Å². The maximum atomic E-state index is 9.86. The molecule has 0 radical (unpaired) electrons. The zero-order valence-corrected chi connectivity index (χ0v) is 10.2. The molecule has 2 nitrogen and oxygen atoms in total. The van der Waals surface area contributed by atoms with Gasteiger partial charge in [0.1, 0.15) is 5.60 Å². The van der Waals surface area contributed by atoms with Gasteiger partial charge in [-0.25, -0.2) is 0 Å². The van der Waals surface area contributed by atoms with Crippen molar-refractivity contribution in [1.82, 2.24) is 4.90 Å². The van der Waals surface area contributed by atoms with Gasteiger partial charge in [-0.2, -0.15) is 0 Å². The molecule has 0 aromatic rings. The molecule has 0 aliphatic carbocycles. The van der Waals surface area contributed by atoms with Gasteiger partial charge in [0, 0.05) is 0 Å². The highest BCUT2D eigenvalue weighted by atomic mass is 16.3. The minimum Gasteiger partial charge on any atom is -0.378 e. The van der Waals surface area contributed by atoms with E-state index in [0.717, 1.165) is 26.1 Å². The first-order valence-corrected chi connectivity index (χ1v) is 5.61. The Bertz CT molecular complexity index is 231. The lowest BCUT2D eigenvalue weighted by molar-refractivity contribution is 0.113. The van der Waals surface area contributed by atoms with Gasteiger partial charge in [-0.1, -0.05) is 31.8 Å². The van der Waals surface area contributed by atoms with Crippen LogP contribution in [0.2, 0.25) is 0 Å². The van der Waals surface area contributed by atoms with Crippen molar-refractivity contribution >= 4 is 0 Å². The van der Waals surface area contributed by atoms with Gasteiger partial charge in [0.2, 0.25) is 0 Å². The molecule has 2 heteroatoms. The fourth-order valence-electron chi connectivity index (χ4n) is 1.23.